The summed E-state index contributed by atoms with van der Waals surface area (Å²) >= 11 is 0. The van der Waals surface area contributed by atoms with Crippen molar-refractivity contribution < 1.29 is 9.53 Å². The van der Waals surface area contributed by atoms with Crippen molar-refractivity contribution in [2.45, 2.75) is 26.5 Å². The van der Waals surface area contributed by atoms with Crippen LogP contribution in [0.2, 0.25) is 0 Å². The van der Waals surface area contributed by atoms with Gasteiger partial charge in [-0.3, -0.25) is 9.48 Å². The summed E-state index contributed by atoms with van der Waals surface area (Å²) in [5.41, 5.74) is 5.83. The van der Waals surface area contributed by atoms with Gasteiger partial charge in [-0.15, -0.1) is 0 Å². The fourth-order valence-electron chi connectivity index (χ4n) is 4.63. The quantitative estimate of drug-likeness (QED) is 0.657. The van der Waals surface area contributed by atoms with E-state index in [1.807, 2.05) is 40.9 Å². The van der Waals surface area contributed by atoms with Gasteiger partial charge < -0.3 is 14.5 Å². The third-order valence-corrected chi connectivity index (χ3v) is 6.11. The van der Waals surface area contributed by atoms with Gasteiger partial charge in [0.25, 0.3) is 5.91 Å². The lowest BCUT2D eigenvalue weighted by Crippen LogP contribution is -2.54. The van der Waals surface area contributed by atoms with Crippen LogP contribution in [0.5, 0.6) is 5.75 Å². The monoisotopic (exact) mass is 402 g/mol. The van der Waals surface area contributed by atoms with Crippen molar-refractivity contribution in [2.24, 2.45) is 7.05 Å². The Hall–Kier alpha value is -3.28. The summed E-state index contributed by atoms with van der Waals surface area (Å²) in [6.07, 6.45) is 0. The van der Waals surface area contributed by atoms with E-state index in [1.165, 1.54) is 11.3 Å². The van der Waals surface area contributed by atoms with Gasteiger partial charge in [0, 0.05) is 49.5 Å². The topological polar surface area (TPSA) is 50.6 Å². The Bertz CT molecular complexity index is 1120. The Labute approximate surface area is 176 Å². The van der Waals surface area contributed by atoms with E-state index >= 15 is 0 Å². The van der Waals surface area contributed by atoms with Gasteiger partial charge in [-0.05, 0) is 43.7 Å². The lowest BCUT2D eigenvalue weighted by molar-refractivity contribution is 0.0717. The summed E-state index contributed by atoms with van der Waals surface area (Å²) in [7, 11) is 1.90. The lowest BCUT2D eigenvalue weighted by atomic mass is 10.0. The van der Waals surface area contributed by atoms with E-state index in [9.17, 15) is 4.79 Å². The number of benzene rings is 2. The Morgan fingerprint density at radius 3 is 2.77 bits per heavy atom. The summed E-state index contributed by atoms with van der Waals surface area (Å²) in [6.45, 7) is 6.83. The molecular formula is C24H26N4O2. The normalized spacial score (nSPS) is 17.9. The highest BCUT2D eigenvalue weighted by atomic mass is 16.5. The molecule has 3 aromatic rings. The van der Waals surface area contributed by atoms with Crippen molar-refractivity contribution in [1.82, 2.24) is 14.7 Å². The summed E-state index contributed by atoms with van der Waals surface area (Å²) in [5.74, 6) is 0.831. The van der Waals surface area contributed by atoms with Crippen LogP contribution in [0.25, 0.3) is 11.3 Å². The standard InChI is InChI=1S/C24H26N4O2/c1-16-7-6-8-18(13-16)28-12-11-27(14-17(28)2)24(29)22-20-15-30-21-10-5-4-9-19(21)23(20)26(3)25-22/h4-10,13,17H,11-12,14-15H2,1-3H3/t17-/m0/s1. The number of anilines is 1. The SMILES string of the molecule is Cc1cccc(N2CCN(C(=O)c3nn(C)c4c3COc3ccccc3-4)C[C@@H]2C)c1. The zero-order valence-electron chi connectivity index (χ0n) is 17.6. The number of hydrogen-bond acceptors (Lipinski definition) is 4. The van der Waals surface area contributed by atoms with Gasteiger partial charge in [-0.2, -0.15) is 5.10 Å². The molecule has 0 radical (unpaired) electrons. The minimum atomic E-state index is -0.00873. The first-order valence-electron chi connectivity index (χ1n) is 10.4. The van der Waals surface area contributed by atoms with E-state index in [-0.39, 0.29) is 11.9 Å². The van der Waals surface area contributed by atoms with Crippen LogP contribution in [0.3, 0.4) is 0 Å². The smallest absolute Gasteiger partial charge is 0.274 e. The number of carbonyl (C=O) groups excluding carboxylic acids is 1. The Balaban J connectivity index is 1.40. The molecule has 0 aliphatic carbocycles. The number of aryl methyl sites for hydroxylation is 2. The fraction of sp³-hybridized carbons (Fsp3) is 0.333. The maximum atomic E-state index is 13.4. The van der Waals surface area contributed by atoms with Crippen molar-refractivity contribution in [3.05, 3.63) is 65.4 Å². The predicted molar refractivity (Wildman–Crippen MR) is 117 cm³/mol. The number of para-hydroxylation sites is 1. The molecule has 0 N–H and O–H groups in total. The number of carbonyl (C=O) groups is 1. The average Bonchev–Trinajstić information content (AvgIpc) is 3.10. The molecule has 5 rings (SSSR count). The first-order valence-corrected chi connectivity index (χ1v) is 10.4. The van der Waals surface area contributed by atoms with Gasteiger partial charge in [0.2, 0.25) is 0 Å². The van der Waals surface area contributed by atoms with Gasteiger partial charge in [0.15, 0.2) is 5.69 Å². The fourth-order valence-corrected chi connectivity index (χ4v) is 4.63. The van der Waals surface area contributed by atoms with Crippen LogP contribution in [-0.2, 0) is 13.7 Å². The van der Waals surface area contributed by atoms with E-state index in [4.69, 9.17) is 4.74 Å². The molecule has 2 aromatic carbocycles. The Kier molecular flexibility index (Phi) is 4.50. The lowest BCUT2D eigenvalue weighted by Gasteiger charge is -2.41. The molecule has 0 saturated carbocycles. The molecule has 30 heavy (non-hydrogen) atoms. The van der Waals surface area contributed by atoms with Crippen LogP contribution in [0.15, 0.2) is 48.5 Å². The Morgan fingerprint density at radius 1 is 1.13 bits per heavy atom. The number of ether oxygens (including phenoxy) is 1. The number of fused-ring (bicyclic) bond motifs is 3. The molecule has 1 amide bonds. The second-order valence-corrected chi connectivity index (χ2v) is 8.22. The number of nitrogens with zero attached hydrogens (tertiary/aromatic N) is 4. The molecule has 1 aromatic heterocycles. The third kappa shape index (κ3) is 3.03. The van der Waals surface area contributed by atoms with E-state index in [2.05, 4.69) is 48.1 Å². The zero-order chi connectivity index (χ0) is 20.8. The highest BCUT2D eigenvalue weighted by Crippen LogP contribution is 2.38. The molecule has 2 aliphatic rings. The summed E-state index contributed by atoms with van der Waals surface area (Å²) < 4.78 is 7.73. The molecule has 0 spiro atoms. The van der Waals surface area contributed by atoms with Crippen LogP contribution >= 0.6 is 0 Å². The largest absolute Gasteiger partial charge is 0.488 e. The number of hydrogen-bond donors (Lipinski definition) is 0. The Morgan fingerprint density at radius 2 is 1.97 bits per heavy atom. The van der Waals surface area contributed by atoms with Crippen molar-refractivity contribution in [1.29, 1.82) is 0 Å². The summed E-state index contributed by atoms with van der Waals surface area (Å²) in [6, 6.07) is 16.7. The van der Waals surface area contributed by atoms with Gasteiger partial charge in [0.05, 0.1) is 5.69 Å². The summed E-state index contributed by atoms with van der Waals surface area (Å²) in [4.78, 5) is 17.7. The summed E-state index contributed by atoms with van der Waals surface area (Å²) in [5, 5.41) is 4.61. The van der Waals surface area contributed by atoms with Crippen molar-refractivity contribution in [3.8, 4) is 17.0 Å². The minimum absolute atomic E-state index is 0.00873. The maximum Gasteiger partial charge on any atom is 0.274 e. The van der Waals surface area contributed by atoms with E-state index in [0.29, 0.717) is 25.4 Å². The van der Waals surface area contributed by atoms with Crippen LogP contribution in [0, 0.1) is 6.92 Å². The van der Waals surface area contributed by atoms with Crippen molar-refractivity contribution >= 4 is 11.6 Å². The van der Waals surface area contributed by atoms with Gasteiger partial charge in [0.1, 0.15) is 12.4 Å². The van der Waals surface area contributed by atoms with Crippen molar-refractivity contribution in [3.63, 3.8) is 0 Å². The minimum Gasteiger partial charge on any atom is -0.488 e. The predicted octanol–water partition coefficient (Wildman–Crippen LogP) is 3.64. The van der Waals surface area contributed by atoms with Gasteiger partial charge in [-0.1, -0.05) is 24.3 Å². The highest BCUT2D eigenvalue weighted by molar-refractivity contribution is 5.96. The van der Waals surface area contributed by atoms with Crippen molar-refractivity contribution in [2.75, 3.05) is 24.5 Å². The molecule has 154 valence electrons. The average molecular weight is 402 g/mol. The molecule has 6 nitrogen and oxygen atoms in total. The molecule has 1 saturated heterocycles. The number of aromatic nitrogens is 2. The molecule has 1 fully saturated rings. The molecule has 0 unspecified atom stereocenters. The molecule has 2 aliphatic heterocycles. The maximum absolute atomic E-state index is 13.4. The van der Waals surface area contributed by atoms with Gasteiger partial charge >= 0.3 is 0 Å². The molecular weight excluding hydrogens is 376 g/mol. The van der Waals surface area contributed by atoms with Crippen LogP contribution < -0.4 is 9.64 Å². The highest BCUT2D eigenvalue weighted by Gasteiger charge is 2.33. The van der Waals surface area contributed by atoms with Gasteiger partial charge in [-0.25, -0.2) is 0 Å². The molecule has 3 heterocycles. The van der Waals surface area contributed by atoms with Crippen LogP contribution in [0.4, 0.5) is 5.69 Å². The van der Waals surface area contributed by atoms with E-state index in [0.717, 1.165) is 29.1 Å². The first-order chi connectivity index (χ1) is 14.5. The first kappa shape index (κ1) is 18.7. The molecule has 0 bridgehead atoms. The van der Waals surface area contributed by atoms with E-state index < -0.39 is 0 Å². The second-order valence-electron chi connectivity index (χ2n) is 8.22. The zero-order valence-corrected chi connectivity index (χ0v) is 17.6. The number of amides is 1. The second kappa shape index (κ2) is 7.20. The molecule has 6 heteroatoms. The molecule has 1 atom stereocenters. The third-order valence-electron chi connectivity index (χ3n) is 6.11. The van der Waals surface area contributed by atoms with Crippen LogP contribution in [0.1, 0.15) is 28.5 Å². The number of piperazine rings is 1. The number of rotatable bonds is 2. The van der Waals surface area contributed by atoms with E-state index in [1.54, 1.807) is 0 Å². The van der Waals surface area contributed by atoms with Crippen LogP contribution in [-0.4, -0.2) is 46.3 Å².